The number of anilines is 1. The number of halogens is 3. The van der Waals surface area contributed by atoms with Gasteiger partial charge in [0.1, 0.15) is 12.4 Å². The van der Waals surface area contributed by atoms with Crippen LogP contribution in [-0.4, -0.2) is 26.4 Å². The number of rotatable bonds is 9. The molecule has 3 aromatic rings. The van der Waals surface area contributed by atoms with E-state index in [0.717, 1.165) is 5.56 Å². The highest BCUT2D eigenvalue weighted by atomic mass is 35.5. The summed E-state index contributed by atoms with van der Waals surface area (Å²) in [5, 5.41) is 13.1. The molecule has 6 nitrogen and oxygen atoms in total. The quantitative estimate of drug-likeness (QED) is 0.288. The van der Waals surface area contributed by atoms with E-state index in [1.165, 1.54) is 11.8 Å². The molecular weight excluding hydrogens is 479 g/mol. The molecule has 3 rings (SSSR count). The molecule has 0 atom stereocenters. The van der Waals surface area contributed by atoms with Gasteiger partial charge in [-0.25, -0.2) is 0 Å². The SMILES string of the molecule is C=CCn1c(COc2ccc(Cl)c(C)c2)nnc1SCC(=O)Nc1cccc(Cl)c1Cl. The molecule has 162 valence electrons. The molecule has 1 N–H and O–H groups in total. The molecule has 1 aromatic heterocycles. The second-order valence-corrected chi connectivity index (χ2v) is 8.57. The van der Waals surface area contributed by atoms with Crippen LogP contribution in [-0.2, 0) is 17.9 Å². The van der Waals surface area contributed by atoms with Gasteiger partial charge < -0.3 is 10.1 Å². The molecule has 31 heavy (non-hydrogen) atoms. The maximum atomic E-state index is 12.3. The Labute approximate surface area is 199 Å². The number of nitrogens with zero attached hydrogens (tertiary/aromatic N) is 3. The van der Waals surface area contributed by atoms with Crippen LogP contribution in [0.3, 0.4) is 0 Å². The van der Waals surface area contributed by atoms with Crippen molar-refractivity contribution in [3.63, 3.8) is 0 Å². The molecule has 0 saturated carbocycles. The van der Waals surface area contributed by atoms with Crippen molar-refractivity contribution in [2.45, 2.75) is 25.2 Å². The number of amides is 1. The number of hydrogen-bond acceptors (Lipinski definition) is 5. The lowest BCUT2D eigenvalue weighted by atomic mass is 10.2. The van der Waals surface area contributed by atoms with Crippen molar-refractivity contribution in [2.24, 2.45) is 0 Å². The molecule has 0 saturated heterocycles. The van der Waals surface area contributed by atoms with Gasteiger partial charge in [-0.3, -0.25) is 9.36 Å². The van der Waals surface area contributed by atoms with Gasteiger partial charge in [0.25, 0.3) is 0 Å². The lowest BCUT2D eigenvalue weighted by Gasteiger charge is -2.10. The first kappa shape index (κ1) is 23.5. The van der Waals surface area contributed by atoms with Gasteiger partial charge in [-0.1, -0.05) is 58.7 Å². The number of carbonyl (C=O) groups is 1. The molecule has 0 fully saturated rings. The number of thioether (sulfide) groups is 1. The minimum Gasteiger partial charge on any atom is -0.486 e. The molecule has 10 heteroatoms. The van der Waals surface area contributed by atoms with E-state index < -0.39 is 0 Å². The lowest BCUT2D eigenvalue weighted by Crippen LogP contribution is -2.15. The monoisotopic (exact) mass is 496 g/mol. The van der Waals surface area contributed by atoms with Gasteiger partial charge in [0.2, 0.25) is 5.91 Å². The van der Waals surface area contributed by atoms with Crippen LogP contribution in [0.5, 0.6) is 5.75 Å². The molecule has 0 aliphatic carbocycles. The fourth-order valence-electron chi connectivity index (χ4n) is 2.62. The number of hydrogen-bond donors (Lipinski definition) is 1. The van der Waals surface area contributed by atoms with Crippen molar-refractivity contribution in [1.29, 1.82) is 0 Å². The molecule has 1 amide bonds. The third-order valence-corrected chi connectivity index (χ3v) is 6.37. The van der Waals surface area contributed by atoms with E-state index >= 15 is 0 Å². The van der Waals surface area contributed by atoms with E-state index in [0.29, 0.717) is 44.0 Å². The zero-order valence-electron chi connectivity index (χ0n) is 16.6. The van der Waals surface area contributed by atoms with Gasteiger partial charge in [0, 0.05) is 11.6 Å². The average molecular weight is 498 g/mol. The Morgan fingerprint density at radius 1 is 1.23 bits per heavy atom. The predicted octanol–water partition coefficient (Wildman–Crippen LogP) is 6.04. The van der Waals surface area contributed by atoms with Crippen molar-refractivity contribution in [2.75, 3.05) is 11.1 Å². The summed E-state index contributed by atoms with van der Waals surface area (Å²) in [6.07, 6.45) is 1.73. The van der Waals surface area contributed by atoms with E-state index in [1.807, 2.05) is 17.6 Å². The second-order valence-electron chi connectivity index (χ2n) is 6.44. The zero-order chi connectivity index (χ0) is 22.4. The highest BCUT2D eigenvalue weighted by Crippen LogP contribution is 2.30. The molecule has 0 aliphatic heterocycles. The van der Waals surface area contributed by atoms with E-state index in [2.05, 4.69) is 22.1 Å². The number of ether oxygens (including phenoxy) is 1. The second kappa shape index (κ2) is 10.9. The Morgan fingerprint density at radius 3 is 2.77 bits per heavy atom. The minimum atomic E-state index is -0.239. The maximum Gasteiger partial charge on any atom is 0.234 e. The van der Waals surface area contributed by atoms with Crippen LogP contribution < -0.4 is 10.1 Å². The Hall–Kier alpha value is -2.19. The first-order valence-corrected chi connectivity index (χ1v) is 11.3. The Kier molecular flexibility index (Phi) is 8.26. The van der Waals surface area contributed by atoms with Gasteiger partial charge >= 0.3 is 0 Å². The smallest absolute Gasteiger partial charge is 0.234 e. The topological polar surface area (TPSA) is 69.0 Å². The van der Waals surface area contributed by atoms with Crippen LogP contribution in [0.2, 0.25) is 15.1 Å². The summed E-state index contributed by atoms with van der Waals surface area (Å²) in [5.74, 6) is 1.18. The van der Waals surface area contributed by atoms with Gasteiger partial charge in [0.05, 0.1) is 21.5 Å². The van der Waals surface area contributed by atoms with E-state index in [9.17, 15) is 4.79 Å². The Balaban J connectivity index is 1.64. The molecule has 2 aromatic carbocycles. The first-order valence-electron chi connectivity index (χ1n) is 9.17. The average Bonchev–Trinajstić information content (AvgIpc) is 3.13. The summed E-state index contributed by atoms with van der Waals surface area (Å²) >= 11 is 19.4. The fourth-order valence-corrected chi connectivity index (χ4v) is 3.85. The van der Waals surface area contributed by atoms with Crippen molar-refractivity contribution < 1.29 is 9.53 Å². The fraction of sp³-hybridized carbons (Fsp3) is 0.190. The van der Waals surface area contributed by atoms with Crippen LogP contribution in [0, 0.1) is 6.92 Å². The summed E-state index contributed by atoms with van der Waals surface area (Å²) in [6, 6.07) is 10.5. The Bertz CT molecular complexity index is 1100. The zero-order valence-corrected chi connectivity index (χ0v) is 19.7. The predicted molar refractivity (Wildman–Crippen MR) is 127 cm³/mol. The molecule has 0 bridgehead atoms. The van der Waals surface area contributed by atoms with Gasteiger partial charge in [0.15, 0.2) is 11.0 Å². The van der Waals surface area contributed by atoms with Crippen LogP contribution in [0.4, 0.5) is 5.69 Å². The van der Waals surface area contributed by atoms with E-state index in [4.69, 9.17) is 39.5 Å². The molecule has 0 spiro atoms. The largest absolute Gasteiger partial charge is 0.486 e. The highest BCUT2D eigenvalue weighted by molar-refractivity contribution is 7.99. The number of benzene rings is 2. The molecule has 1 heterocycles. The summed E-state index contributed by atoms with van der Waals surface area (Å²) in [7, 11) is 0. The van der Waals surface area contributed by atoms with Crippen molar-refractivity contribution in [3.8, 4) is 5.75 Å². The van der Waals surface area contributed by atoms with Crippen molar-refractivity contribution in [3.05, 3.63) is 75.5 Å². The van der Waals surface area contributed by atoms with Gasteiger partial charge in [-0.15, -0.1) is 16.8 Å². The van der Waals surface area contributed by atoms with Crippen LogP contribution in [0.25, 0.3) is 0 Å². The van der Waals surface area contributed by atoms with Crippen molar-refractivity contribution in [1.82, 2.24) is 14.8 Å². The first-order chi connectivity index (χ1) is 14.9. The van der Waals surface area contributed by atoms with Crippen molar-refractivity contribution >= 4 is 58.2 Å². The lowest BCUT2D eigenvalue weighted by molar-refractivity contribution is -0.113. The van der Waals surface area contributed by atoms with Gasteiger partial charge in [-0.2, -0.15) is 0 Å². The normalized spacial score (nSPS) is 10.7. The van der Waals surface area contributed by atoms with E-state index in [-0.39, 0.29) is 18.3 Å². The number of aryl methyl sites for hydroxylation is 1. The molecule has 0 unspecified atom stereocenters. The molecule has 0 radical (unpaired) electrons. The molecular formula is C21H19Cl3N4O2S. The third-order valence-electron chi connectivity index (χ3n) is 4.16. The van der Waals surface area contributed by atoms with Crippen LogP contribution >= 0.6 is 46.6 Å². The number of carbonyl (C=O) groups excluding carboxylic acids is 1. The number of aromatic nitrogens is 3. The minimum absolute atomic E-state index is 0.120. The summed E-state index contributed by atoms with van der Waals surface area (Å²) in [4.78, 5) is 12.3. The highest BCUT2D eigenvalue weighted by Gasteiger charge is 2.15. The summed E-state index contributed by atoms with van der Waals surface area (Å²) in [5.41, 5.74) is 1.38. The van der Waals surface area contributed by atoms with Gasteiger partial charge in [-0.05, 0) is 42.8 Å². The molecule has 0 aliphatic rings. The standard InChI is InChI=1S/C21H19Cl3N4O2S/c1-3-9-28-18(11-30-14-7-8-15(22)13(2)10-14)26-27-21(28)31-12-19(29)25-17-6-4-5-16(23)20(17)24/h3-8,10H,1,9,11-12H2,2H3,(H,25,29). The Morgan fingerprint density at radius 2 is 2.03 bits per heavy atom. The van der Waals surface area contributed by atoms with E-state index in [1.54, 1.807) is 36.4 Å². The van der Waals surface area contributed by atoms with Crippen LogP contribution in [0.15, 0.2) is 54.2 Å². The summed E-state index contributed by atoms with van der Waals surface area (Å²) < 4.78 is 7.67. The third kappa shape index (κ3) is 6.17. The summed E-state index contributed by atoms with van der Waals surface area (Å²) in [6.45, 7) is 6.38. The maximum absolute atomic E-state index is 12.3. The number of allylic oxidation sites excluding steroid dienone is 1. The number of nitrogens with one attached hydrogen (secondary N) is 1. The van der Waals surface area contributed by atoms with Crippen LogP contribution in [0.1, 0.15) is 11.4 Å².